The van der Waals surface area contributed by atoms with Gasteiger partial charge in [-0.2, -0.15) is 0 Å². The lowest BCUT2D eigenvalue weighted by Crippen LogP contribution is -2.15. The number of rotatable bonds is 1. The molecule has 0 spiro atoms. The van der Waals surface area contributed by atoms with E-state index in [1.807, 2.05) is 0 Å². The molecular weight excluding hydrogens is 66.0 g/mol. The van der Waals surface area contributed by atoms with Crippen LogP contribution < -0.4 is 5.73 Å². The summed E-state index contributed by atoms with van der Waals surface area (Å²) < 4.78 is 0. The molecule has 0 aromatic carbocycles. The zero-order valence-corrected chi connectivity index (χ0v) is 3.14. The lowest BCUT2D eigenvalue weighted by Gasteiger charge is -1.80. The normalized spacial score (nSPS) is 14.0. The van der Waals surface area contributed by atoms with E-state index in [0.717, 1.165) is 0 Å². The van der Waals surface area contributed by atoms with E-state index in [1.165, 1.54) is 0 Å². The molecule has 0 amide bonds. The molecule has 2 nitrogen and oxygen atoms in total. The van der Waals surface area contributed by atoms with E-state index in [4.69, 9.17) is 5.73 Å². The highest BCUT2D eigenvalue weighted by Gasteiger charge is 1.79. The van der Waals surface area contributed by atoms with Gasteiger partial charge in [0, 0.05) is 0 Å². The van der Waals surface area contributed by atoms with Crippen molar-refractivity contribution in [2.45, 2.75) is 13.0 Å². The zero-order valence-electron chi connectivity index (χ0n) is 3.14. The second-order valence-electron chi connectivity index (χ2n) is 0.995. The van der Waals surface area contributed by atoms with Crippen molar-refractivity contribution in [2.75, 3.05) is 0 Å². The van der Waals surface area contributed by atoms with Crippen LogP contribution in [0.5, 0.6) is 0 Å². The monoisotopic (exact) mass is 73.1 g/mol. The Morgan fingerprint density at radius 2 is 2.20 bits per heavy atom. The topological polar surface area (TPSA) is 43.1 Å². The summed E-state index contributed by atoms with van der Waals surface area (Å²) in [7, 11) is 0. The zero-order chi connectivity index (χ0) is 4.28. The summed E-state index contributed by atoms with van der Waals surface area (Å²) in [4.78, 5) is 9.38. The van der Waals surface area contributed by atoms with Crippen LogP contribution in [0.1, 0.15) is 6.92 Å². The summed E-state index contributed by atoms with van der Waals surface area (Å²) in [6.45, 7) is 1.63. The Bertz CT molecular complexity index is 33.9. The van der Waals surface area contributed by atoms with Gasteiger partial charge < -0.3 is 10.5 Å². The average Bonchev–Trinajstić information content (AvgIpc) is 1.38. The van der Waals surface area contributed by atoms with Crippen molar-refractivity contribution in [2.24, 2.45) is 5.73 Å². The molecule has 1 unspecified atom stereocenters. The van der Waals surface area contributed by atoms with E-state index >= 15 is 0 Å². The van der Waals surface area contributed by atoms with Crippen LogP contribution in [0.4, 0.5) is 0 Å². The van der Waals surface area contributed by atoms with Gasteiger partial charge in [0.15, 0.2) is 0 Å². The quantitative estimate of drug-likeness (QED) is 0.426. The van der Waals surface area contributed by atoms with Gasteiger partial charge in [-0.05, 0) is 6.92 Å². The molecule has 0 aromatic heterocycles. The fraction of sp³-hybridized carbons (Fsp3) is 0.667. The first-order valence-electron chi connectivity index (χ1n) is 1.48. The number of carbonyl (C=O) groups excluding carboxylic acids is 1. The molecule has 0 aliphatic carbocycles. The van der Waals surface area contributed by atoms with E-state index in [9.17, 15) is 4.79 Å². The van der Waals surface area contributed by atoms with E-state index < -0.39 is 0 Å². The molecule has 0 aliphatic heterocycles. The molecule has 1 atom stereocenters. The number of nitrogens with two attached hydrogens (primary N) is 1. The summed E-state index contributed by atoms with van der Waals surface area (Å²) in [5.74, 6) is 0. The van der Waals surface area contributed by atoms with Gasteiger partial charge >= 0.3 is 0 Å². The number of hydrogen-bond donors (Lipinski definition) is 1. The Hall–Kier alpha value is -0.370. The van der Waals surface area contributed by atoms with Crippen LogP contribution in [0.25, 0.3) is 0 Å². The van der Waals surface area contributed by atoms with Gasteiger partial charge in [-0.25, -0.2) is 0 Å². The SMILES string of the molecule is CC(N)C=O. The predicted octanol–water partition coefficient (Wildman–Crippen LogP) is -0.468. The first-order valence-corrected chi connectivity index (χ1v) is 1.48. The van der Waals surface area contributed by atoms with Crippen LogP contribution in [0.2, 0.25) is 0 Å². The molecule has 0 saturated carbocycles. The van der Waals surface area contributed by atoms with Gasteiger partial charge in [-0.3, -0.25) is 0 Å². The Morgan fingerprint density at radius 1 is 2.00 bits per heavy atom. The van der Waals surface area contributed by atoms with E-state index in [1.54, 1.807) is 6.92 Å². The second-order valence-corrected chi connectivity index (χ2v) is 0.995. The summed E-state index contributed by atoms with van der Waals surface area (Å²) in [5, 5.41) is 0. The summed E-state index contributed by atoms with van der Waals surface area (Å²) in [6, 6.07) is -0.296. The van der Waals surface area contributed by atoms with E-state index in [-0.39, 0.29) is 6.04 Å². The Kier molecular flexibility index (Phi) is 1.76. The number of hydrogen-bond acceptors (Lipinski definition) is 2. The third kappa shape index (κ3) is 3.63. The van der Waals surface area contributed by atoms with Crippen molar-refractivity contribution < 1.29 is 4.79 Å². The van der Waals surface area contributed by atoms with Crippen molar-refractivity contribution in [3.63, 3.8) is 0 Å². The average molecular weight is 73.1 g/mol. The fourth-order valence-corrected chi connectivity index (χ4v) is 0. The lowest BCUT2D eigenvalue weighted by atomic mass is 10.4. The molecule has 0 radical (unpaired) electrons. The highest BCUT2D eigenvalue weighted by Crippen LogP contribution is 1.55. The molecule has 0 aromatic rings. The predicted molar refractivity (Wildman–Crippen MR) is 19.7 cm³/mol. The molecule has 0 bridgehead atoms. The van der Waals surface area contributed by atoms with Crippen LogP contribution >= 0.6 is 0 Å². The summed E-state index contributed by atoms with van der Waals surface area (Å²) in [6.07, 6.45) is 0.694. The molecule has 5 heavy (non-hydrogen) atoms. The van der Waals surface area contributed by atoms with Crippen LogP contribution in [0.15, 0.2) is 0 Å². The molecule has 0 fully saturated rings. The highest BCUT2D eigenvalue weighted by atomic mass is 16.1. The van der Waals surface area contributed by atoms with Crippen LogP contribution in [0.3, 0.4) is 0 Å². The van der Waals surface area contributed by atoms with Crippen molar-refractivity contribution in [3.05, 3.63) is 0 Å². The number of aldehydes is 1. The highest BCUT2D eigenvalue weighted by molar-refractivity contribution is 5.55. The second kappa shape index (κ2) is 1.91. The third-order valence-corrected chi connectivity index (χ3v) is 0.215. The van der Waals surface area contributed by atoms with Gasteiger partial charge in [0.2, 0.25) is 0 Å². The first-order chi connectivity index (χ1) is 2.27. The molecule has 0 aliphatic rings. The molecular formula is C3H7NO. The Morgan fingerprint density at radius 3 is 2.20 bits per heavy atom. The minimum Gasteiger partial charge on any atom is -0.322 e. The maximum Gasteiger partial charge on any atom is 0.136 e. The maximum atomic E-state index is 9.38. The van der Waals surface area contributed by atoms with Crippen LogP contribution in [-0.2, 0) is 4.79 Å². The molecule has 0 heterocycles. The van der Waals surface area contributed by atoms with E-state index in [0.29, 0.717) is 6.29 Å². The lowest BCUT2D eigenvalue weighted by molar-refractivity contribution is -0.108. The van der Waals surface area contributed by atoms with Gasteiger partial charge in [-0.15, -0.1) is 0 Å². The van der Waals surface area contributed by atoms with Gasteiger partial charge in [0.05, 0.1) is 6.04 Å². The Balaban J connectivity index is 2.83. The Labute approximate surface area is 31.0 Å². The van der Waals surface area contributed by atoms with Gasteiger partial charge in [0.1, 0.15) is 6.29 Å². The van der Waals surface area contributed by atoms with Crippen molar-refractivity contribution in [1.29, 1.82) is 0 Å². The molecule has 0 saturated heterocycles. The third-order valence-electron chi connectivity index (χ3n) is 0.215. The standard InChI is InChI=1S/C3H7NO/c1-3(4)2-5/h2-3H,4H2,1H3. The van der Waals surface area contributed by atoms with E-state index in [2.05, 4.69) is 0 Å². The molecule has 2 heteroatoms. The minimum atomic E-state index is -0.296. The first kappa shape index (κ1) is 4.63. The molecule has 30 valence electrons. The fourth-order valence-electron chi connectivity index (χ4n) is 0. The number of carbonyl (C=O) groups is 1. The smallest absolute Gasteiger partial charge is 0.136 e. The van der Waals surface area contributed by atoms with Crippen LogP contribution in [-0.4, -0.2) is 12.3 Å². The van der Waals surface area contributed by atoms with Gasteiger partial charge in [-0.1, -0.05) is 0 Å². The molecule has 0 rings (SSSR count). The summed E-state index contributed by atoms with van der Waals surface area (Å²) >= 11 is 0. The minimum absolute atomic E-state index is 0.296. The van der Waals surface area contributed by atoms with Crippen molar-refractivity contribution in [3.8, 4) is 0 Å². The van der Waals surface area contributed by atoms with Crippen molar-refractivity contribution >= 4 is 6.29 Å². The maximum absolute atomic E-state index is 9.38. The summed E-state index contributed by atoms with van der Waals surface area (Å²) in [5.41, 5.74) is 4.92. The van der Waals surface area contributed by atoms with Crippen molar-refractivity contribution in [1.82, 2.24) is 0 Å². The van der Waals surface area contributed by atoms with Gasteiger partial charge in [0.25, 0.3) is 0 Å². The molecule has 2 N–H and O–H groups in total. The largest absolute Gasteiger partial charge is 0.322 e. The van der Waals surface area contributed by atoms with Crippen LogP contribution in [0, 0.1) is 0 Å².